The van der Waals surface area contributed by atoms with E-state index in [0.717, 1.165) is 22.5 Å². The third-order valence-electron chi connectivity index (χ3n) is 7.94. The number of rotatable bonds is 12. The summed E-state index contributed by atoms with van der Waals surface area (Å²) in [5.41, 5.74) is -1.70. The third kappa shape index (κ3) is 10.3. The number of halogens is 1. The standard InChI is InChI=1S/C39H44ClN5O9S2/c1-37(2,3)52-34(49)39(7,8)54-44-26(25-21-56-35(41-25)43-36(50)53-38(4,5)6)30(46)42-27-31(47)45-28(24(19-40)20-55-32(27)45)33(48)51-29(22-15-11-9-12-16-22)23-17-13-10-14-18-23/h9-18,21,27,29,32H,19-20H2,1-8H3,(H,42,46)(H,41,43,50)/b44-26+/t27-,32-/m1/s1. The first-order valence-corrected chi connectivity index (χ1v) is 20.0. The van der Waals surface area contributed by atoms with Gasteiger partial charge >= 0.3 is 18.0 Å². The van der Waals surface area contributed by atoms with E-state index in [2.05, 4.69) is 20.8 Å². The van der Waals surface area contributed by atoms with Crippen LogP contribution in [0.5, 0.6) is 0 Å². The normalized spacial score (nSPS) is 17.4. The first-order chi connectivity index (χ1) is 26.3. The predicted molar refractivity (Wildman–Crippen MR) is 213 cm³/mol. The number of fused-ring (bicyclic) bond motifs is 1. The molecule has 2 aliphatic rings. The number of carbonyl (C=O) groups excluding carboxylic acids is 5. The van der Waals surface area contributed by atoms with E-state index in [1.807, 2.05) is 60.7 Å². The van der Waals surface area contributed by atoms with Crippen LogP contribution in [-0.2, 0) is 38.2 Å². The van der Waals surface area contributed by atoms with Crippen molar-refractivity contribution in [2.45, 2.75) is 89.7 Å². The molecule has 2 N–H and O–H groups in total. The van der Waals surface area contributed by atoms with Crippen molar-refractivity contribution in [3.63, 3.8) is 0 Å². The molecule has 0 spiro atoms. The highest BCUT2D eigenvalue weighted by atomic mass is 35.5. The average molecular weight is 826 g/mol. The Morgan fingerprint density at radius 2 is 1.52 bits per heavy atom. The molecule has 298 valence electrons. The first kappa shape index (κ1) is 42.2. The van der Waals surface area contributed by atoms with Gasteiger partial charge in [0.25, 0.3) is 11.8 Å². The molecule has 0 unspecified atom stereocenters. The number of aromatic nitrogens is 1. The number of benzene rings is 2. The minimum Gasteiger partial charge on any atom is -0.457 e. The molecule has 3 aromatic rings. The molecule has 5 rings (SSSR count). The number of ether oxygens (including phenoxy) is 3. The molecule has 14 nitrogen and oxygen atoms in total. The summed E-state index contributed by atoms with van der Waals surface area (Å²) in [5, 5.41) is 10.1. The molecular weight excluding hydrogens is 782 g/mol. The van der Waals surface area contributed by atoms with Crippen molar-refractivity contribution in [2.24, 2.45) is 5.16 Å². The van der Waals surface area contributed by atoms with Crippen LogP contribution < -0.4 is 10.6 Å². The Morgan fingerprint density at radius 1 is 0.929 bits per heavy atom. The number of thioether (sulfide) groups is 1. The minimum atomic E-state index is -1.65. The molecule has 1 saturated heterocycles. The van der Waals surface area contributed by atoms with Crippen LogP contribution in [0.15, 0.2) is 82.5 Å². The van der Waals surface area contributed by atoms with Crippen LogP contribution in [0.4, 0.5) is 9.93 Å². The highest BCUT2D eigenvalue weighted by Gasteiger charge is 2.55. The Balaban J connectivity index is 1.39. The molecule has 17 heteroatoms. The smallest absolute Gasteiger partial charge is 0.413 e. The lowest BCUT2D eigenvalue weighted by molar-refractivity contribution is -0.179. The maximum Gasteiger partial charge on any atom is 0.413 e. The van der Waals surface area contributed by atoms with Gasteiger partial charge in [-0.2, -0.15) is 0 Å². The highest BCUT2D eigenvalue weighted by Crippen LogP contribution is 2.42. The van der Waals surface area contributed by atoms with Crippen molar-refractivity contribution in [2.75, 3.05) is 16.9 Å². The number of esters is 2. The van der Waals surface area contributed by atoms with Gasteiger partial charge in [0.15, 0.2) is 16.9 Å². The van der Waals surface area contributed by atoms with Crippen molar-refractivity contribution in [1.82, 2.24) is 15.2 Å². The molecular formula is C39H44ClN5O9S2. The number of hydrogen-bond donors (Lipinski definition) is 2. The summed E-state index contributed by atoms with van der Waals surface area (Å²) in [6, 6.07) is 17.4. The number of β-lactam (4-membered cyclic amide) rings is 1. The molecule has 0 saturated carbocycles. The number of carbonyl (C=O) groups is 5. The number of amides is 3. The lowest BCUT2D eigenvalue weighted by Gasteiger charge is -2.49. The molecule has 3 heterocycles. The Hall–Kier alpha value is -4.93. The molecule has 1 aromatic heterocycles. The van der Waals surface area contributed by atoms with E-state index in [9.17, 15) is 24.0 Å². The highest BCUT2D eigenvalue weighted by molar-refractivity contribution is 8.00. The Kier molecular flexibility index (Phi) is 12.9. The molecule has 0 bridgehead atoms. The van der Waals surface area contributed by atoms with Gasteiger partial charge in [0.2, 0.25) is 5.60 Å². The van der Waals surface area contributed by atoms with Gasteiger partial charge in [-0.15, -0.1) is 34.7 Å². The Morgan fingerprint density at radius 3 is 2.07 bits per heavy atom. The summed E-state index contributed by atoms with van der Waals surface area (Å²) >= 11 is 8.61. The summed E-state index contributed by atoms with van der Waals surface area (Å²) < 4.78 is 16.9. The minimum absolute atomic E-state index is 0.0183. The number of alkyl halides is 1. The molecule has 0 radical (unpaired) electrons. The van der Waals surface area contributed by atoms with E-state index in [1.54, 1.807) is 41.5 Å². The molecule has 2 aromatic carbocycles. The lowest BCUT2D eigenvalue weighted by atomic mass is 10.0. The predicted octanol–water partition coefficient (Wildman–Crippen LogP) is 6.56. The molecule has 3 amide bonds. The van der Waals surface area contributed by atoms with Crippen molar-refractivity contribution in [3.8, 4) is 0 Å². The maximum absolute atomic E-state index is 14.0. The van der Waals surface area contributed by atoms with Crippen LogP contribution in [0.25, 0.3) is 0 Å². The zero-order chi connectivity index (χ0) is 41.0. The van der Waals surface area contributed by atoms with Crippen molar-refractivity contribution < 1.29 is 43.0 Å². The van der Waals surface area contributed by atoms with E-state index < -0.39 is 69.9 Å². The van der Waals surface area contributed by atoms with Crippen molar-refractivity contribution >= 4 is 75.4 Å². The molecule has 56 heavy (non-hydrogen) atoms. The van der Waals surface area contributed by atoms with Gasteiger partial charge in [-0.1, -0.05) is 65.8 Å². The van der Waals surface area contributed by atoms with Gasteiger partial charge in [0.1, 0.15) is 34.0 Å². The summed E-state index contributed by atoms with van der Waals surface area (Å²) in [5.74, 6) is -2.68. The fraction of sp³-hybridized carbons (Fsp3) is 0.410. The Bertz CT molecular complexity index is 1980. The van der Waals surface area contributed by atoms with Gasteiger partial charge in [0, 0.05) is 17.0 Å². The second kappa shape index (κ2) is 17.1. The van der Waals surface area contributed by atoms with Crippen LogP contribution in [0.3, 0.4) is 0 Å². The van der Waals surface area contributed by atoms with E-state index in [0.29, 0.717) is 5.57 Å². The SMILES string of the molecule is CC(C)(C)OC(=O)Nc1nc(/C(=N\OC(C)(C)C(=O)OC(C)(C)C)C(=O)N[C@@H]2C(=O)N3C(C(=O)OC(c4ccccc4)c4ccccc4)=C(CCl)CS[C@H]23)cs1. The quantitative estimate of drug-likeness (QED) is 0.0506. The number of oxime groups is 1. The zero-order valence-corrected chi connectivity index (χ0v) is 34.6. The van der Waals surface area contributed by atoms with Crippen molar-refractivity contribution in [1.29, 1.82) is 0 Å². The molecule has 2 aliphatic heterocycles. The summed E-state index contributed by atoms with van der Waals surface area (Å²) in [6.07, 6.45) is -1.54. The van der Waals surface area contributed by atoms with E-state index in [4.69, 9.17) is 30.6 Å². The number of nitrogens with zero attached hydrogens (tertiary/aromatic N) is 3. The van der Waals surface area contributed by atoms with Crippen LogP contribution >= 0.6 is 34.7 Å². The fourth-order valence-electron chi connectivity index (χ4n) is 5.36. The van der Waals surface area contributed by atoms with Crippen molar-refractivity contribution in [3.05, 3.63) is 94.1 Å². The first-order valence-electron chi connectivity index (χ1n) is 17.6. The number of thiazole rings is 1. The van der Waals surface area contributed by atoms with Crippen LogP contribution in [-0.4, -0.2) is 85.3 Å². The van der Waals surface area contributed by atoms with E-state index in [-0.39, 0.29) is 28.2 Å². The summed E-state index contributed by atoms with van der Waals surface area (Å²) in [4.78, 5) is 78.5. The molecule has 2 atom stereocenters. The largest absolute Gasteiger partial charge is 0.457 e. The van der Waals surface area contributed by atoms with Crippen LogP contribution in [0.2, 0.25) is 0 Å². The van der Waals surface area contributed by atoms with E-state index >= 15 is 0 Å². The second-order valence-corrected chi connectivity index (χ2v) is 17.5. The van der Waals surface area contributed by atoms with Crippen LogP contribution in [0.1, 0.15) is 78.3 Å². The second-order valence-electron chi connectivity index (χ2n) is 15.3. The zero-order valence-electron chi connectivity index (χ0n) is 32.2. The lowest BCUT2D eigenvalue weighted by Crippen LogP contribution is -2.71. The van der Waals surface area contributed by atoms with Gasteiger partial charge in [0.05, 0.1) is 0 Å². The van der Waals surface area contributed by atoms with Gasteiger partial charge < -0.3 is 24.4 Å². The Labute approximate surface area is 338 Å². The summed E-state index contributed by atoms with van der Waals surface area (Å²) in [7, 11) is 0. The van der Waals surface area contributed by atoms with E-state index in [1.165, 1.54) is 35.9 Å². The van der Waals surface area contributed by atoms with Gasteiger partial charge in [-0.3, -0.25) is 19.8 Å². The third-order valence-corrected chi connectivity index (χ3v) is 10.4. The monoisotopic (exact) mass is 825 g/mol. The van der Waals surface area contributed by atoms with Gasteiger partial charge in [-0.25, -0.2) is 19.4 Å². The fourth-order valence-corrected chi connectivity index (χ4v) is 7.72. The average Bonchev–Trinajstić information content (AvgIpc) is 3.58. The topological polar surface area (TPSA) is 175 Å². The number of hydrogen-bond acceptors (Lipinski definition) is 13. The van der Waals surface area contributed by atoms with Gasteiger partial charge in [-0.05, 0) is 72.1 Å². The number of anilines is 1. The summed E-state index contributed by atoms with van der Waals surface area (Å²) in [6.45, 7) is 13.0. The van der Waals surface area contributed by atoms with Crippen LogP contribution in [0, 0.1) is 0 Å². The maximum atomic E-state index is 14.0. The number of nitrogens with one attached hydrogen (secondary N) is 2. The molecule has 1 fully saturated rings. The molecule has 0 aliphatic carbocycles.